The van der Waals surface area contributed by atoms with Gasteiger partial charge in [0.2, 0.25) is 0 Å². The van der Waals surface area contributed by atoms with Gasteiger partial charge in [-0.3, -0.25) is 0 Å². The van der Waals surface area contributed by atoms with Crippen LogP contribution in [0.25, 0.3) is 11.1 Å². The highest BCUT2D eigenvalue weighted by Gasteiger charge is 2.00. The molecular weight excluding hydrogens is 304 g/mol. The fourth-order valence-electron chi connectivity index (χ4n) is 1.27. The second-order valence-electron chi connectivity index (χ2n) is 2.90. The second-order valence-corrected chi connectivity index (χ2v) is 4.61. The summed E-state index contributed by atoms with van der Waals surface area (Å²) in [6, 6.07) is 17.3. The van der Waals surface area contributed by atoms with Gasteiger partial charge in [0.05, 0.1) is 0 Å². The normalized spacial score (nSPS) is 10.1. The molecule has 0 aromatic heterocycles. The van der Waals surface area contributed by atoms with Crippen LogP contribution >= 0.6 is 31.9 Å². The molecule has 0 bridgehead atoms. The van der Waals surface area contributed by atoms with Gasteiger partial charge in [-0.25, -0.2) is 0 Å². The summed E-state index contributed by atoms with van der Waals surface area (Å²) >= 11 is 6.90. The Morgan fingerprint density at radius 2 is 1.64 bits per heavy atom. The topological polar surface area (TPSA) is 0 Å². The van der Waals surface area contributed by atoms with Crippen molar-refractivity contribution in [3.05, 3.63) is 57.5 Å². The second kappa shape index (κ2) is 4.28. The zero-order chi connectivity index (χ0) is 9.97. The van der Waals surface area contributed by atoms with Crippen LogP contribution in [-0.4, -0.2) is 0 Å². The summed E-state index contributed by atoms with van der Waals surface area (Å²) in [4.78, 5) is 0. The molecule has 0 nitrogen and oxygen atoms in total. The van der Waals surface area contributed by atoms with E-state index < -0.39 is 0 Å². The molecular formula is C12H7Br2. The number of rotatable bonds is 1. The highest BCUT2D eigenvalue weighted by molar-refractivity contribution is 9.10. The quantitative estimate of drug-likeness (QED) is 0.717. The third-order valence-corrected chi connectivity index (χ3v) is 3.15. The van der Waals surface area contributed by atoms with E-state index >= 15 is 0 Å². The van der Waals surface area contributed by atoms with Gasteiger partial charge in [0, 0.05) is 8.95 Å². The van der Waals surface area contributed by atoms with Crippen molar-refractivity contribution in [2.24, 2.45) is 0 Å². The molecule has 0 saturated carbocycles. The molecule has 0 heterocycles. The van der Waals surface area contributed by atoms with Crippen molar-refractivity contribution in [3.63, 3.8) is 0 Å². The molecule has 1 radical (unpaired) electrons. The average Bonchev–Trinajstić information content (AvgIpc) is 2.20. The van der Waals surface area contributed by atoms with E-state index in [0.29, 0.717) is 0 Å². The Hall–Kier alpha value is -0.600. The van der Waals surface area contributed by atoms with E-state index in [-0.39, 0.29) is 0 Å². The Bertz CT molecular complexity index is 432. The zero-order valence-electron chi connectivity index (χ0n) is 7.30. The maximum atomic E-state index is 3.48. The molecule has 69 valence electrons. The van der Waals surface area contributed by atoms with Crippen molar-refractivity contribution in [1.82, 2.24) is 0 Å². The van der Waals surface area contributed by atoms with Gasteiger partial charge in [0.1, 0.15) is 0 Å². The Labute approximate surface area is 100 Å². The third-order valence-electron chi connectivity index (χ3n) is 1.96. The lowest BCUT2D eigenvalue weighted by atomic mass is 10.1. The van der Waals surface area contributed by atoms with Gasteiger partial charge >= 0.3 is 0 Å². The van der Waals surface area contributed by atoms with Crippen molar-refractivity contribution < 1.29 is 0 Å². The fraction of sp³-hybridized carbons (Fsp3) is 0. The van der Waals surface area contributed by atoms with Crippen LogP contribution in [0, 0.1) is 6.07 Å². The van der Waals surface area contributed by atoms with Crippen molar-refractivity contribution >= 4 is 31.9 Å². The van der Waals surface area contributed by atoms with Gasteiger partial charge in [-0.15, -0.1) is 0 Å². The molecule has 2 aromatic carbocycles. The monoisotopic (exact) mass is 309 g/mol. The van der Waals surface area contributed by atoms with Crippen LogP contribution in [0.1, 0.15) is 0 Å². The lowest BCUT2D eigenvalue weighted by molar-refractivity contribution is 1.56. The molecule has 2 heteroatoms. The van der Waals surface area contributed by atoms with Crippen molar-refractivity contribution in [3.8, 4) is 11.1 Å². The van der Waals surface area contributed by atoms with Crippen molar-refractivity contribution in [2.45, 2.75) is 0 Å². The Balaban J connectivity index is 2.50. The third kappa shape index (κ3) is 2.07. The summed E-state index contributed by atoms with van der Waals surface area (Å²) in [5.74, 6) is 0. The Kier molecular flexibility index (Phi) is 3.04. The molecule has 14 heavy (non-hydrogen) atoms. The average molecular weight is 311 g/mol. The first kappa shape index (κ1) is 9.94. The molecule has 2 aromatic rings. The van der Waals surface area contributed by atoms with Crippen LogP contribution < -0.4 is 0 Å². The molecule has 0 unspecified atom stereocenters. The molecule has 0 aliphatic rings. The maximum absolute atomic E-state index is 3.48. The van der Waals surface area contributed by atoms with Crippen LogP contribution in [0.2, 0.25) is 0 Å². The molecule has 0 atom stereocenters. The van der Waals surface area contributed by atoms with E-state index in [1.165, 1.54) is 11.1 Å². The summed E-state index contributed by atoms with van der Waals surface area (Å²) < 4.78 is 2.10. The van der Waals surface area contributed by atoms with Crippen LogP contribution in [0.4, 0.5) is 0 Å². The highest BCUT2D eigenvalue weighted by Crippen LogP contribution is 2.28. The first-order valence-electron chi connectivity index (χ1n) is 4.19. The Morgan fingerprint density at radius 1 is 0.929 bits per heavy atom. The Morgan fingerprint density at radius 3 is 2.29 bits per heavy atom. The molecule has 0 aliphatic carbocycles. The van der Waals surface area contributed by atoms with E-state index in [0.717, 1.165) is 8.95 Å². The molecule has 0 fully saturated rings. The summed E-state index contributed by atoms with van der Waals surface area (Å²) in [6.07, 6.45) is 0. The minimum Gasteiger partial charge on any atom is -0.0610 e. The fourth-order valence-corrected chi connectivity index (χ4v) is 2.03. The predicted octanol–water partition coefficient (Wildman–Crippen LogP) is 4.68. The van der Waals surface area contributed by atoms with Crippen LogP contribution in [0.3, 0.4) is 0 Å². The van der Waals surface area contributed by atoms with E-state index in [4.69, 9.17) is 0 Å². The lowest BCUT2D eigenvalue weighted by Gasteiger charge is -2.03. The van der Waals surface area contributed by atoms with Gasteiger partial charge in [-0.1, -0.05) is 46.3 Å². The summed E-state index contributed by atoms with van der Waals surface area (Å²) in [6.45, 7) is 0. The lowest BCUT2D eigenvalue weighted by Crippen LogP contribution is -1.78. The summed E-state index contributed by atoms with van der Waals surface area (Å²) in [5, 5.41) is 0. The number of hydrogen-bond acceptors (Lipinski definition) is 0. The van der Waals surface area contributed by atoms with Crippen molar-refractivity contribution in [2.75, 3.05) is 0 Å². The number of hydrogen-bond donors (Lipinski definition) is 0. The predicted molar refractivity (Wildman–Crippen MR) is 66.1 cm³/mol. The zero-order valence-corrected chi connectivity index (χ0v) is 10.5. The minimum atomic E-state index is 1.00. The standard InChI is InChI=1S/C12H7Br2/c13-10-7-5-9(6-8-10)11-3-1-2-4-12(11)14/h1-3,5-8H. The number of benzene rings is 2. The van der Waals surface area contributed by atoms with Crippen LogP contribution in [0.15, 0.2) is 51.4 Å². The van der Waals surface area contributed by atoms with Gasteiger partial charge in [-0.2, -0.15) is 0 Å². The molecule has 0 N–H and O–H groups in total. The molecule has 0 aliphatic heterocycles. The highest BCUT2D eigenvalue weighted by atomic mass is 79.9. The molecule has 0 spiro atoms. The van der Waals surface area contributed by atoms with Crippen molar-refractivity contribution in [1.29, 1.82) is 0 Å². The van der Waals surface area contributed by atoms with E-state index in [1.54, 1.807) is 0 Å². The minimum absolute atomic E-state index is 1.00. The van der Waals surface area contributed by atoms with Crippen LogP contribution in [-0.2, 0) is 0 Å². The largest absolute Gasteiger partial charge is 0.0610 e. The SMILES string of the molecule is Brc1ccc(-c2ccc[c]c2Br)cc1. The van der Waals surface area contributed by atoms with Gasteiger partial charge in [0.15, 0.2) is 0 Å². The van der Waals surface area contributed by atoms with E-state index in [2.05, 4.69) is 56.1 Å². The van der Waals surface area contributed by atoms with E-state index in [9.17, 15) is 0 Å². The smallest absolute Gasteiger partial charge is 0.0332 e. The molecule has 2 rings (SSSR count). The summed E-state index contributed by atoms with van der Waals surface area (Å²) in [5.41, 5.74) is 2.36. The van der Waals surface area contributed by atoms with Gasteiger partial charge in [-0.05, 0) is 45.3 Å². The summed E-state index contributed by atoms with van der Waals surface area (Å²) in [7, 11) is 0. The maximum Gasteiger partial charge on any atom is 0.0332 e. The van der Waals surface area contributed by atoms with E-state index in [1.807, 2.05) is 24.3 Å². The molecule has 0 saturated heterocycles. The molecule has 0 amide bonds. The first-order chi connectivity index (χ1) is 6.77. The van der Waals surface area contributed by atoms with Crippen LogP contribution in [0.5, 0.6) is 0 Å². The van der Waals surface area contributed by atoms with Gasteiger partial charge < -0.3 is 0 Å². The first-order valence-corrected chi connectivity index (χ1v) is 5.78. The number of halogens is 2. The van der Waals surface area contributed by atoms with Gasteiger partial charge in [0.25, 0.3) is 0 Å².